The molecule has 0 radical (unpaired) electrons. The number of carbonyl (C=O) groups excluding carboxylic acids is 3. The van der Waals surface area contributed by atoms with Gasteiger partial charge in [0.05, 0.1) is 23.9 Å². The molecular formula is C27H27N3O6S. The Hall–Kier alpha value is -4.02. The van der Waals surface area contributed by atoms with Gasteiger partial charge in [0.1, 0.15) is 16.9 Å². The lowest BCUT2D eigenvalue weighted by Gasteiger charge is -2.17. The molecule has 4 rings (SSSR count). The molecule has 0 aliphatic carbocycles. The van der Waals surface area contributed by atoms with Gasteiger partial charge in [-0.1, -0.05) is 48.5 Å². The fourth-order valence-corrected chi connectivity index (χ4v) is 5.41. The zero-order valence-corrected chi connectivity index (χ0v) is 21.6. The molecule has 2 aromatic carbocycles. The molecule has 0 aliphatic rings. The van der Waals surface area contributed by atoms with E-state index in [1.165, 1.54) is 35.0 Å². The van der Waals surface area contributed by atoms with Crippen molar-refractivity contribution in [3.63, 3.8) is 0 Å². The first kappa shape index (κ1) is 26.1. The number of amides is 2. The van der Waals surface area contributed by atoms with Crippen LogP contribution in [0.1, 0.15) is 20.0 Å². The number of Topliss-reactive ketones (excluding diaryl/α,β-unsaturated/α-hetero) is 1. The number of nitrogens with zero attached hydrogens (tertiary/aromatic N) is 2. The number of ketones is 1. The monoisotopic (exact) mass is 521 g/mol. The third kappa shape index (κ3) is 5.25. The molecule has 2 amide bonds. The second kappa shape index (κ2) is 11.4. The van der Waals surface area contributed by atoms with Crippen LogP contribution in [0, 0.1) is 0 Å². The minimum absolute atomic E-state index is 0.0616. The van der Waals surface area contributed by atoms with Gasteiger partial charge in [0, 0.05) is 38.2 Å². The van der Waals surface area contributed by atoms with Gasteiger partial charge in [-0.15, -0.1) is 11.3 Å². The molecule has 1 N–H and O–H groups in total. The van der Waals surface area contributed by atoms with Crippen molar-refractivity contribution in [2.24, 2.45) is 0 Å². The largest absolute Gasteiger partial charge is 0.494 e. The number of pyridine rings is 1. The van der Waals surface area contributed by atoms with Crippen LogP contribution in [0.2, 0.25) is 0 Å². The van der Waals surface area contributed by atoms with Crippen LogP contribution in [-0.2, 0) is 16.1 Å². The number of para-hydroxylation sites is 1. The first-order valence-electron chi connectivity index (χ1n) is 11.6. The highest BCUT2D eigenvalue weighted by Crippen LogP contribution is 2.40. The van der Waals surface area contributed by atoms with Gasteiger partial charge in [0.2, 0.25) is 5.91 Å². The van der Waals surface area contributed by atoms with Crippen molar-refractivity contribution in [1.29, 1.82) is 0 Å². The van der Waals surface area contributed by atoms with Gasteiger partial charge in [-0.3, -0.25) is 23.7 Å². The van der Waals surface area contributed by atoms with Crippen molar-refractivity contribution < 1.29 is 23.9 Å². The second-order valence-electron chi connectivity index (χ2n) is 8.38. The summed E-state index contributed by atoms with van der Waals surface area (Å²) < 4.78 is 12.4. The van der Waals surface area contributed by atoms with Crippen LogP contribution < -0.4 is 15.6 Å². The van der Waals surface area contributed by atoms with Gasteiger partial charge in [0.15, 0.2) is 11.5 Å². The molecule has 0 bridgehead atoms. The van der Waals surface area contributed by atoms with Gasteiger partial charge < -0.3 is 19.7 Å². The Balaban J connectivity index is 1.75. The SMILES string of the molecule is COCC(=O)NCCN(C)C(=O)c1sc2c(c1OC)c(=O)n(CC(=O)c1ccccc1)c1ccccc21. The first-order valence-corrected chi connectivity index (χ1v) is 12.4. The molecule has 0 fully saturated rings. The number of rotatable bonds is 10. The lowest BCUT2D eigenvalue weighted by Crippen LogP contribution is -2.37. The maximum atomic E-state index is 13.8. The first-order chi connectivity index (χ1) is 17.9. The summed E-state index contributed by atoms with van der Waals surface area (Å²) in [6, 6.07) is 16.1. The van der Waals surface area contributed by atoms with E-state index in [1.807, 2.05) is 18.2 Å². The number of benzene rings is 2. The van der Waals surface area contributed by atoms with Crippen molar-refractivity contribution >= 4 is 49.9 Å². The van der Waals surface area contributed by atoms with Crippen molar-refractivity contribution in [3.05, 3.63) is 75.4 Å². The van der Waals surface area contributed by atoms with Crippen LogP contribution in [0.15, 0.2) is 59.4 Å². The predicted molar refractivity (Wildman–Crippen MR) is 143 cm³/mol. The molecule has 37 heavy (non-hydrogen) atoms. The van der Waals surface area contributed by atoms with E-state index in [1.54, 1.807) is 43.4 Å². The Kier molecular flexibility index (Phi) is 8.00. The highest BCUT2D eigenvalue weighted by Gasteiger charge is 2.27. The maximum Gasteiger partial charge on any atom is 0.267 e. The summed E-state index contributed by atoms with van der Waals surface area (Å²) in [6.45, 7) is 0.286. The smallest absolute Gasteiger partial charge is 0.267 e. The van der Waals surface area contributed by atoms with Crippen molar-refractivity contribution in [2.75, 3.05) is 41.0 Å². The van der Waals surface area contributed by atoms with E-state index in [9.17, 15) is 19.2 Å². The van der Waals surface area contributed by atoms with Crippen LogP contribution in [0.4, 0.5) is 0 Å². The van der Waals surface area contributed by atoms with E-state index >= 15 is 0 Å². The number of fused-ring (bicyclic) bond motifs is 3. The maximum absolute atomic E-state index is 13.8. The Morgan fingerprint density at radius 3 is 2.43 bits per heavy atom. The fraction of sp³-hybridized carbons (Fsp3) is 0.259. The zero-order valence-electron chi connectivity index (χ0n) is 20.8. The average Bonchev–Trinajstić information content (AvgIpc) is 3.31. The number of ether oxygens (including phenoxy) is 2. The Labute approximate surface area is 217 Å². The van der Waals surface area contributed by atoms with Crippen molar-refractivity contribution in [1.82, 2.24) is 14.8 Å². The third-order valence-electron chi connectivity index (χ3n) is 5.95. The van der Waals surface area contributed by atoms with E-state index in [2.05, 4.69) is 5.32 Å². The Morgan fingerprint density at radius 1 is 1.03 bits per heavy atom. The van der Waals surface area contributed by atoms with Crippen LogP contribution in [-0.4, -0.2) is 68.0 Å². The Bertz CT molecular complexity index is 1530. The van der Waals surface area contributed by atoms with Crippen LogP contribution in [0.5, 0.6) is 5.75 Å². The topological polar surface area (TPSA) is 107 Å². The van der Waals surface area contributed by atoms with E-state index in [4.69, 9.17) is 9.47 Å². The number of likely N-dealkylation sites (N-methyl/N-ethyl adjacent to an activating group) is 1. The van der Waals surface area contributed by atoms with Crippen LogP contribution in [0.3, 0.4) is 0 Å². The predicted octanol–water partition coefficient (Wildman–Crippen LogP) is 2.94. The molecule has 0 unspecified atom stereocenters. The number of carbonyl (C=O) groups is 3. The molecule has 2 aromatic heterocycles. The van der Waals surface area contributed by atoms with Crippen LogP contribution in [0.25, 0.3) is 21.0 Å². The van der Waals surface area contributed by atoms with E-state index in [0.717, 1.165) is 5.39 Å². The van der Waals surface area contributed by atoms with Crippen molar-refractivity contribution in [3.8, 4) is 5.75 Å². The number of methoxy groups -OCH3 is 2. The van der Waals surface area contributed by atoms with Gasteiger partial charge in [-0.2, -0.15) is 0 Å². The number of hydrogen-bond donors (Lipinski definition) is 1. The second-order valence-corrected chi connectivity index (χ2v) is 9.40. The molecule has 0 atom stereocenters. The number of nitrogens with one attached hydrogen (secondary N) is 1. The summed E-state index contributed by atoms with van der Waals surface area (Å²) in [4.78, 5) is 53.5. The third-order valence-corrected chi connectivity index (χ3v) is 7.14. The molecule has 192 valence electrons. The summed E-state index contributed by atoms with van der Waals surface area (Å²) >= 11 is 1.18. The number of hydrogen-bond acceptors (Lipinski definition) is 7. The summed E-state index contributed by atoms with van der Waals surface area (Å²) in [5.74, 6) is -0.640. The lowest BCUT2D eigenvalue weighted by atomic mass is 10.1. The highest BCUT2D eigenvalue weighted by atomic mass is 32.1. The van der Waals surface area contributed by atoms with Gasteiger partial charge in [-0.25, -0.2) is 0 Å². The summed E-state index contributed by atoms with van der Waals surface area (Å²) in [7, 11) is 4.46. The van der Waals surface area contributed by atoms with E-state index in [0.29, 0.717) is 15.8 Å². The molecule has 0 spiro atoms. The number of thiophene rings is 1. The zero-order chi connectivity index (χ0) is 26.5. The molecule has 10 heteroatoms. The van der Waals surface area contributed by atoms with Gasteiger partial charge in [-0.05, 0) is 6.07 Å². The van der Waals surface area contributed by atoms with Gasteiger partial charge in [0.25, 0.3) is 11.5 Å². The summed E-state index contributed by atoms with van der Waals surface area (Å²) in [5, 5.41) is 3.68. The summed E-state index contributed by atoms with van der Waals surface area (Å²) in [5.41, 5.74) is 0.701. The molecule has 2 heterocycles. The summed E-state index contributed by atoms with van der Waals surface area (Å²) in [6.07, 6.45) is 0. The standard InChI is InChI=1S/C27H27N3O6S/c1-29(14-13-28-21(32)16-35-2)27(34)25-23(36-3)22-24(37-25)18-11-7-8-12-19(18)30(26(22)33)15-20(31)17-9-5-4-6-10-17/h4-12H,13-16H2,1-3H3,(H,28,32). The average molecular weight is 522 g/mol. The minimum atomic E-state index is -0.403. The molecule has 0 saturated heterocycles. The quantitative estimate of drug-likeness (QED) is 0.322. The molecule has 0 aliphatic heterocycles. The number of aromatic nitrogens is 1. The Morgan fingerprint density at radius 2 is 1.73 bits per heavy atom. The van der Waals surface area contributed by atoms with E-state index in [-0.39, 0.29) is 59.9 Å². The van der Waals surface area contributed by atoms with Gasteiger partial charge >= 0.3 is 0 Å². The normalized spacial score (nSPS) is 11.0. The lowest BCUT2D eigenvalue weighted by molar-refractivity contribution is -0.124. The molecule has 0 saturated carbocycles. The fourth-order valence-electron chi connectivity index (χ4n) is 4.12. The molecule has 4 aromatic rings. The van der Waals surface area contributed by atoms with Crippen molar-refractivity contribution in [2.45, 2.75) is 6.54 Å². The highest BCUT2D eigenvalue weighted by molar-refractivity contribution is 7.22. The minimum Gasteiger partial charge on any atom is -0.494 e. The molecular weight excluding hydrogens is 494 g/mol. The molecule has 9 nitrogen and oxygen atoms in total. The van der Waals surface area contributed by atoms with E-state index < -0.39 is 5.56 Å². The van der Waals surface area contributed by atoms with Crippen LogP contribution >= 0.6 is 11.3 Å².